The molecule has 1 spiro atoms. The molecule has 0 aromatic heterocycles. The molecule has 5 aliphatic rings. The quantitative estimate of drug-likeness (QED) is 0.474. The zero-order valence-corrected chi connectivity index (χ0v) is 20.8. The van der Waals surface area contributed by atoms with E-state index in [4.69, 9.17) is 4.74 Å². The van der Waals surface area contributed by atoms with Crippen molar-refractivity contribution in [1.82, 2.24) is 0 Å². The van der Waals surface area contributed by atoms with Crippen molar-refractivity contribution in [2.24, 2.45) is 51.8 Å². The lowest BCUT2D eigenvalue weighted by atomic mass is 9.45. The van der Waals surface area contributed by atoms with Crippen molar-refractivity contribution in [3.05, 3.63) is 24.3 Å². The summed E-state index contributed by atoms with van der Waals surface area (Å²) in [6.45, 7) is 17.7. The normalized spacial score (nSPS) is 51.8. The lowest BCUT2D eigenvalue weighted by Gasteiger charge is -2.61. The summed E-state index contributed by atoms with van der Waals surface area (Å²) >= 11 is 0. The second-order valence-corrected chi connectivity index (χ2v) is 13.0. The van der Waals surface area contributed by atoms with Crippen molar-refractivity contribution in [2.75, 3.05) is 7.11 Å². The number of ether oxygens (including phenoxy) is 1. The molecule has 0 aromatic rings. The molecule has 0 amide bonds. The summed E-state index contributed by atoms with van der Waals surface area (Å²) in [6, 6.07) is 0. The molecule has 0 heterocycles. The molecule has 0 unspecified atom stereocenters. The first-order chi connectivity index (χ1) is 14.6. The number of methoxy groups -OCH3 is 1. The van der Waals surface area contributed by atoms with Gasteiger partial charge in [0.1, 0.15) is 0 Å². The zero-order valence-electron chi connectivity index (χ0n) is 20.8. The topological polar surface area (TPSA) is 29.5 Å². The maximum Gasteiger partial charge on any atom is 0.0638 e. The largest absolute Gasteiger partial charge is 0.392 e. The Hall–Kier alpha value is -0.600. The third-order valence-electron chi connectivity index (χ3n) is 12.2. The lowest BCUT2D eigenvalue weighted by molar-refractivity contribution is -0.162. The Kier molecular flexibility index (Phi) is 5.16. The molecule has 5 rings (SSSR count). The Balaban J connectivity index is 1.38. The molecule has 0 aliphatic heterocycles. The molecule has 5 aliphatic carbocycles. The van der Waals surface area contributed by atoms with Gasteiger partial charge in [-0.15, -0.1) is 0 Å². The maximum absolute atomic E-state index is 11.1. The van der Waals surface area contributed by atoms with Gasteiger partial charge in [0.25, 0.3) is 0 Å². The molecule has 1 N–H and O–H groups in total. The van der Waals surface area contributed by atoms with Crippen molar-refractivity contribution in [1.29, 1.82) is 0 Å². The summed E-state index contributed by atoms with van der Waals surface area (Å²) in [6.07, 6.45) is 11.9. The Labute approximate surface area is 190 Å². The molecule has 5 fully saturated rings. The molecular formula is C29H46O2. The molecule has 31 heavy (non-hydrogen) atoms. The van der Waals surface area contributed by atoms with Crippen molar-refractivity contribution in [2.45, 2.75) is 97.7 Å². The third kappa shape index (κ3) is 2.82. The van der Waals surface area contributed by atoms with Crippen molar-refractivity contribution in [3.8, 4) is 0 Å². The van der Waals surface area contributed by atoms with E-state index in [-0.39, 0.29) is 6.10 Å². The average molecular weight is 427 g/mol. The zero-order chi connectivity index (χ0) is 22.3. The standard InChI is InChI=1S/C29H46O2/c1-17(2)18(3)14-25(30)19(4)22-8-9-23-21-15-26(31-7)29-16-20(29)10-13-28(29,6)24(21)11-12-27(22,23)5/h19-26,30H,1,3,8-16H2,2,4-7H3/t19-,20-,21-,22+,23-,24-,25-,26+,27+,28+,29-/m0/s1. The van der Waals surface area contributed by atoms with Crippen LogP contribution in [0.3, 0.4) is 0 Å². The Morgan fingerprint density at radius 3 is 2.48 bits per heavy atom. The van der Waals surface area contributed by atoms with Crippen LogP contribution in [-0.2, 0) is 4.74 Å². The van der Waals surface area contributed by atoms with Gasteiger partial charge in [0, 0.05) is 12.5 Å². The van der Waals surface area contributed by atoms with E-state index >= 15 is 0 Å². The molecule has 174 valence electrons. The van der Waals surface area contributed by atoms with Crippen LogP contribution in [0.4, 0.5) is 0 Å². The summed E-state index contributed by atoms with van der Waals surface area (Å²) < 4.78 is 6.27. The number of rotatable bonds is 6. The smallest absolute Gasteiger partial charge is 0.0638 e. The van der Waals surface area contributed by atoms with E-state index in [2.05, 4.69) is 33.9 Å². The van der Waals surface area contributed by atoms with Crippen LogP contribution in [0, 0.1) is 51.8 Å². The molecule has 5 saturated carbocycles. The Morgan fingerprint density at radius 2 is 1.84 bits per heavy atom. The van der Waals surface area contributed by atoms with Crippen LogP contribution < -0.4 is 0 Å². The van der Waals surface area contributed by atoms with Crippen LogP contribution >= 0.6 is 0 Å². The second kappa shape index (κ2) is 7.20. The van der Waals surface area contributed by atoms with Crippen molar-refractivity contribution < 1.29 is 9.84 Å². The molecule has 0 bridgehead atoms. The predicted molar refractivity (Wildman–Crippen MR) is 128 cm³/mol. The summed E-state index contributed by atoms with van der Waals surface area (Å²) in [4.78, 5) is 0. The number of allylic oxidation sites excluding steroid dienone is 1. The minimum Gasteiger partial charge on any atom is -0.392 e. The monoisotopic (exact) mass is 426 g/mol. The van der Waals surface area contributed by atoms with E-state index in [1.165, 1.54) is 51.4 Å². The highest BCUT2D eigenvalue weighted by Gasteiger charge is 2.77. The summed E-state index contributed by atoms with van der Waals surface area (Å²) in [7, 11) is 1.99. The fourth-order valence-electron chi connectivity index (χ4n) is 10.4. The molecule has 0 saturated heterocycles. The van der Waals surface area contributed by atoms with Gasteiger partial charge in [-0.3, -0.25) is 0 Å². The van der Waals surface area contributed by atoms with Crippen LogP contribution in [0.25, 0.3) is 0 Å². The highest BCUT2D eigenvalue weighted by Crippen LogP contribution is 2.82. The first-order valence-electron chi connectivity index (χ1n) is 13.1. The number of hydrogen-bond donors (Lipinski definition) is 1. The first-order valence-corrected chi connectivity index (χ1v) is 13.1. The number of aliphatic hydroxyl groups excluding tert-OH is 1. The van der Waals surface area contributed by atoms with Crippen LogP contribution in [0.2, 0.25) is 0 Å². The highest BCUT2D eigenvalue weighted by molar-refractivity contribution is 5.26. The fourth-order valence-corrected chi connectivity index (χ4v) is 10.4. The SMILES string of the molecule is C=C(C)C(=C)C[C@H](O)[C@@H](C)[C@H]1CC[C@H]2[C@@H]3C[C@@H](OC)[C@]45C[C@@H]4CC[C@]5(C)[C@H]3CC[C@]12C. The fraction of sp³-hybridized carbons (Fsp3) is 0.862. The van der Waals surface area contributed by atoms with Gasteiger partial charge in [-0.05, 0) is 111 Å². The van der Waals surface area contributed by atoms with Gasteiger partial charge in [-0.2, -0.15) is 0 Å². The van der Waals surface area contributed by atoms with Gasteiger partial charge in [0.05, 0.1) is 12.2 Å². The predicted octanol–water partition coefficient (Wildman–Crippen LogP) is 6.79. The summed E-state index contributed by atoms with van der Waals surface area (Å²) in [5.74, 6) is 4.41. The molecule has 0 radical (unpaired) electrons. The van der Waals surface area contributed by atoms with Gasteiger partial charge in [0.15, 0.2) is 0 Å². The molecule has 2 heteroatoms. The van der Waals surface area contributed by atoms with E-state index in [1.807, 2.05) is 14.0 Å². The van der Waals surface area contributed by atoms with Crippen molar-refractivity contribution >= 4 is 0 Å². The van der Waals surface area contributed by atoms with Gasteiger partial charge >= 0.3 is 0 Å². The minimum absolute atomic E-state index is 0.302. The minimum atomic E-state index is -0.302. The van der Waals surface area contributed by atoms with Crippen LogP contribution in [0.5, 0.6) is 0 Å². The number of aliphatic hydroxyl groups is 1. The molecular weight excluding hydrogens is 380 g/mol. The average Bonchev–Trinajstić information content (AvgIpc) is 3.24. The Bertz CT molecular complexity index is 771. The van der Waals surface area contributed by atoms with Gasteiger partial charge in [-0.1, -0.05) is 45.1 Å². The summed E-state index contributed by atoms with van der Waals surface area (Å²) in [5.41, 5.74) is 3.41. The number of hydrogen-bond acceptors (Lipinski definition) is 2. The lowest BCUT2D eigenvalue weighted by Crippen LogP contribution is -2.57. The van der Waals surface area contributed by atoms with E-state index in [0.717, 1.165) is 34.8 Å². The Morgan fingerprint density at radius 1 is 1.10 bits per heavy atom. The summed E-state index contributed by atoms with van der Waals surface area (Å²) in [5, 5.41) is 11.1. The van der Waals surface area contributed by atoms with Crippen molar-refractivity contribution in [3.63, 3.8) is 0 Å². The van der Waals surface area contributed by atoms with Crippen LogP contribution in [-0.4, -0.2) is 24.4 Å². The maximum atomic E-state index is 11.1. The molecule has 2 nitrogen and oxygen atoms in total. The number of fused-ring (bicyclic) bond motifs is 4. The van der Waals surface area contributed by atoms with Crippen LogP contribution in [0.15, 0.2) is 24.3 Å². The van der Waals surface area contributed by atoms with E-state index < -0.39 is 0 Å². The third-order valence-corrected chi connectivity index (χ3v) is 12.2. The van der Waals surface area contributed by atoms with E-state index in [1.54, 1.807) is 0 Å². The highest BCUT2D eigenvalue weighted by atomic mass is 16.5. The second-order valence-electron chi connectivity index (χ2n) is 13.0. The van der Waals surface area contributed by atoms with Gasteiger partial charge in [-0.25, -0.2) is 0 Å². The molecule has 0 aromatic carbocycles. The van der Waals surface area contributed by atoms with Gasteiger partial charge in [0.2, 0.25) is 0 Å². The van der Waals surface area contributed by atoms with E-state index in [0.29, 0.717) is 40.6 Å². The van der Waals surface area contributed by atoms with Gasteiger partial charge < -0.3 is 9.84 Å². The first kappa shape index (κ1) is 22.2. The van der Waals surface area contributed by atoms with E-state index in [9.17, 15) is 5.11 Å². The van der Waals surface area contributed by atoms with Crippen LogP contribution in [0.1, 0.15) is 85.5 Å². The molecule has 11 atom stereocenters.